The van der Waals surface area contributed by atoms with Crippen LogP contribution in [0.2, 0.25) is 0 Å². The van der Waals surface area contributed by atoms with Crippen molar-refractivity contribution in [2.45, 2.75) is 12.1 Å². The van der Waals surface area contributed by atoms with Gasteiger partial charge in [0.05, 0.1) is 17.5 Å². The van der Waals surface area contributed by atoms with Gasteiger partial charge in [0, 0.05) is 5.75 Å². The zero-order valence-electron chi connectivity index (χ0n) is 11.4. The molecule has 0 unspecified atom stereocenters. The highest BCUT2D eigenvalue weighted by molar-refractivity contribution is 7.99. The number of hydrogen-bond donors (Lipinski definition) is 0. The van der Waals surface area contributed by atoms with Crippen LogP contribution in [0.25, 0.3) is 11.4 Å². The van der Waals surface area contributed by atoms with Gasteiger partial charge in [-0.15, -0.1) is 10.2 Å². The molecule has 104 valence electrons. The van der Waals surface area contributed by atoms with E-state index in [1.165, 1.54) is 0 Å². The van der Waals surface area contributed by atoms with Gasteiger partial charge >= 0.3 is 0 Å². The third kappa shape index (κ3) is 2.08. The fraction of sp³-hybridized carbons (Fsp3) is 0.133. The minimum atomic E-state index is 0.719. The maximum Gasteiger partial charge on any atom is 0.212 e. The summed E-state index contributed by atoms with van der Waals surface area (Å²) in [5.74, 6) is 2.33. The minimum absolute atomic E-state index is 0.719. The van der Waals surface area contributed by atoms with Crippen molar-refractivity contribution in [3.05, 3.63) is 54.0 Å². The predicted octanol–water partition coefficient (Wildman–Crippen LogP) is 3.20. The van der Waals surface area contributed by atoms with E-state index in [9.17, 15) is 0 Å². The fourth-order valence-corrected chi connectivity index (χ4v) is 3.12. The molecule has 1 aliphatic rings. The van der Waals surface area contributed by atoms with E-state index in [1.807, 2.05) is 31.2 Å². The molecule has 0 spiro atoms. The lowest BCUT2D eigenvalue weighted by atomic mass is 10.1. The van der Waals surface area contributed by atoms with Crippen molar-refractivity contribution in [1.82, 2.24) is 14.9 Å². The third-order valence-electron chi connectivity index (χ3n) is 3.38. The second-order valence-electron chi connectivity index (χ2n) is 4.71. The Hall–Kier alpha value is -2.34. The van der Waals surface area contributed by atoms with Gasteiger partial charge in [0.1, 0.15) is 5.76 Å². The highest BCUT2D eigenvalue weighted by Gasteiger charge is 2.22. The van der Waals surface area contributed by atoms with E-state index in [-0.39, 0.29) is 0 Å². The van der Waals surface area contributed by atoms with Crippen molar-refractivity contribution in [3.8, 4) is 11.4 Å². The van der Waals surface area contributed by atoms with E-state index in [0.717, 1.165) is 39.3 Å². The SMILES string of the molecule is Cc1occc1-c1nnc2n1N=C(c1ccccc1)CS2. The number of benzene rings is 1. The molecule has 2 aromatic heterocycles. The Morgan fingerprint density at radius 3 is 2.76 bits per heavy atom. The van der Waals surface area contributed by atoms with E-state index in [4.69, 9.17) is 9.52 Å². The summed E-state index contributed by atoms with van der Waals surface area (Å²) in [6.07, 6.45) is 1.66. The molecule has 21 heavy (non-hydrogen) atoms. The monoisotopic (exact) mass is 296 g/mol. The summed E-state index contributed by atoms with van der Waals surface area (Å²) in [4.78, 5) is 0. The van der Waals surface area contributed by atoms with Gasteiger partial charge in [-0.2, -0.15) is 9.78 Å². The minimum Gasteiger partial charge on any atom is -0.469 e. The quantitative estimate of drug-likeness (QED) is 0.728. The zero-order valence-corrected chi connectivity index (χ0v) is 12.2. The Kier molecular flexibility index (Phi) is 2.89. The van der Waals surface area contributed by atoms with Crippen molar-refractivity contribution in [3.63, 3.8) is 0 Å². The van der Waals surface area contributed by atoms with E-state index in [0.29, 0.717) is 0 Å². The Morgan fingerprint density at radius 1 is 1.14 bits per heavy atom. The van der Waals surface area contributed by atoms with E-state index >= 15 is 0 Å². The number of rotatable bonds is 2. The molecule has 0 fully saturated rings. The van der Waals surface area contributed by atoms with Crippen LogP contribution in [-0.4, -0.2) is 26.3 Å². The molecular formula is C15H12N4OS. The topological polar surface area (TPSA) is 56.2 Å². The van der Waals surface area contributed by atoms with Crippen molar-refractivity contribution in [2.75, 3.05) is 5.75 Å². The van der Waals surface area contributed by atoms with Crippen LogP contribution >= 0.6 is 11.8 Å². The number of aryl methyl sites for hydroxylation is 1. The van der Waals surface area contributed by atoms with Crippen LogP contribution in [0.5, 0.6) is 0 Å². The Balaban J connectivity index is 1.83. The molecule has 0 bridgehead atoms. The maximum absolute atomic E-state index is 5.35. The first-order valence-electron chi connectivity index (χ1n) is 6.59. The average molecular weight is 296 g/mol. The molecule has 0 saturated heterocycles. The highest BCUT2D eigenvalue weighted by atomic mass is 32.2. The molecule has 1 aromatic carbocycles. The smallest absolute Gasteiger partial charge is 0.212 e. The van der Waals surface area contributed by atoms with Gasteiger partial charge < -0.3 is 4.42 Å². The van der Waals surface area contributed by atoms with Crippen LogP contribution in [0.15, 0.2) is 57.3 Å². The van der Waals surface area contributed by atoms with Crippen LogP contribution in [-0.2, 0) is 0 Å². The molecule has 5 nitrogen and oxygen atoms in total. The Bertz CT molecular complexity index is 819. The van der Waals surface area contributed by atoms with Gasteiger partial charge in [0.25, 0.3) is 0 Å². The summed E-state index contributed by atoms with van der Waals surface area (Å²) in [6, 6.07) is 12.1. The number of nitrogens with zero attached hydrogens (tertiary/aromatic N) is 4. The Morgan fingerprint density at radius 2 is 2.00 bits per heavy atom. The largest absolute Gasteiger partial charge is 0.469 e. The van der Waals surface area contributed by atoms with Gasteiger partial charge in [-0.25, -0.2) is 0 Å². The lowest BCUT2D eigenvalue weighted by molar-refractivity contribution is 0.534. The molecule has 0 radical (unpaired) electrons. The van der Waals surface area contributed by atoms with Crippen molar-refractivity contribution >= 4 is 17.5 Å². The number of furan rings is 1. The molecule has 0 atom stereocenters. The summed E-state index contributed by atoms with van der Waals surface area (Å²) in [5.41, 5.74) is 3.07. The van der Waals surface area contributed by atoms with Crippen molar-refractivity contribution in [2.24, 2.45) is 5.10 Å². The summed E-state index contributed by atoms with van der Waals surface area (Å²) in [5, 5.41) is 14.0. The van der Waals surface area contributed by atoms with Gasteiger partial charge in [-0.05, 0) is 18.6 Å². The van der Waals surface area contributed by atoms with E-state index in [2.05, 4.69) is 22.3 Å². The van der Waals surface area contributed by atoms with Crippen LogP contribution in [0.1, 0.15) is 11.3 Å². The predicted molar refractivity (Wildman–Crippen MR) is 81.6 cm³/mol. The van der Waals surface area contributed by atoms with Gasteiger partial charge in [0.2, 0.25) is 5.16 Å². The first-order chi connectivity index (χ1) is 10.3. The molecule has 0 amide bonds. The van der Waals surface area contributed by atoms with Gasteiger partial charge in [-0.3, -0.25) is 0 Å². The summed E-state index contributed by atoms with van der Waals surface area (Å²) in [7, 11) is 0. The molecule has 0 aliphatic carbocycles. The van der Waals surface area contributed by atoms with Crippen LogP contribution in [0.4, 0.5) is 0 Å². The van der Waals surface area contributed by atoms with Gasteiger partial charge in [0.15, 0.2) is 5.82 Å². The standard InChI is InChI=1S/C15H12N4OS/c1-10-12(7-8-20-10)14-16-17-15-19(14)18-13(9-21-15)11-5-3-2-4-6-11/h2-8H,9H2,1H3. The average Bonchev–Trinajstić information content (AvgIpc) is 3.13. The first kappa shape index (κ1) is 12.4. The molecule has 3 heterocycles. The van der Waals surface area contributed by atoms with Crippen molar-refractivity contribution in [1.29, 1.82) is 0 Å². The first-order valence-corrected chi connectivity index (χ1v) is 7.57. The molecule has 4 rings (SSSR count). The van der Waals surface area contributed by atoms with Crippen LogP contribution in [0.3, 0.4) is 0 Å². The maximum atomic E-state index is 5.35. The number of hydrogen-bond acceptors (Lipinski definition) is 5. The molecular weight excluding hydrogens is 284 g/mol. The third-order valence-corrected chi connectivity index (χ3v) is 4.31. The summed E-state index contributed by atoms with van der Waals surface area (Å²) < 4.78 is 7.15. The fourth-order valence-electron chi connectivity index (χ4n) is 2.28. The second-order valence-corrected chi connectivity index (χ2v) is 5.65. The normalized spacial score (nSPS) is 13.9. The molecule has 0 saturated carbocycles. The van der Waals surface area contributed by atoms with Gasteiger partial charge in [-0.1, -0.05) is 42.1 Å². The molecule has 6 heteroatoms. The van der Waals surface area contributed by atoms with Crippen LogP contribution in [0, 0.1) is 6.92 Å². The summed E-state index contributed by atoms with van der Waals surface area (Å²) >= 11 is 1.64. The lowest BCUT2D eigenvalue weighted by Gasteiger charge is -2.13. The Labute approximate surface area is 125 Å². The van der Waals surface area contributed by atoms with E-state index in [1.54, 1.807) is 22.7 Å². The second kappa shape index (κ2) is 4.89. The number of aromatic nitrogens is 3. The highest BCUT2D eigenvalue weighted by Crippen LogP contribution is 2.30. The number of fused-ring (bicyclic) bond motifs is 1. The van der Waals surface area contributed by atoms with Crippen molar-refractivity contribution < 1.29 is 4.42 Å². The van der Waals surface area contributed by atoms with Crippen LogP contribution < -0.4 is 0 Å². The zero-order chi connectivity index (χ0) is 14.2. The number of thioether (sulfide) groups is 1. The molecule has 1 aliphatic heterocycles. The molecule has 0 N–H and O–H groups in total. The molecule has 3 aromatic rings. The lowest BCUT2D eigenvalue weighted by Crippen LogP contribution is -2.13. The van der Waals surface area contributed by atoms with E-state index < -0.39 is 0 Å². The summed E-state index contributed by atoms with van der Waals surface area (Å²) in [6.45, 7) is 1.91.